The van der Waals surface area contributed by atoms with Crippen molar-refractivity contribution in [3.05, 3.63) is 106 Å². The van der Waals surface area contributed by atoms with Gasteiger partial charge in [0.1, 0.15) is 0 Å². The zero-order chi connectivity index (χ0) is 23.3. The molecule has 0 unspecified atom stereocenters. The second-order valence-corrected chi connectivity index (χ2v) is 9.13. The molecule has 0 aromatic heterocycles. The highest BCUT2D eigenvalue weighted by Gasteiger charge is 2.19. The van der Waals surface area contributed by atoms with Crippen LogP contribution in [0.1, 0.15) is 43.0 Å². The van der Waals surface area contributed by atoms with E-state index in [9.17, 15) is 9.59 Å². The molecule has 34 heavy (non-hydrogen) atoms. The zero-order valence-electron chi connectivity index (χ0n) is 19.4. The minimum absolute atomic E-state index is 0.0222. The summed E-state index contributed by atoms with van der Waals surface area (Å²) in [6.45, 7) is 5.34. The van der Waals surface area contributed by atoms with Crippen molar-refractivity contribution in [3.8, 4) is 0 Å². The van der Waals surface area contributed by atoms with Gasteiger partial charge in [-0.05, 0) is 40.8 Å². The van der Waals surface area contributed by atoms with E-state index in [4.69, 9.17) is 4.74 Å². The number of ketones is 1. The third-order valence-corrected chi connectivity index (χ3v) is 6.76. The van der Waals surface area contributed by atoms with Gasteiger partial charge in [-0.2, -0.15) is 0 Å². The summed E-state index contributed by atoms with van der Waals surface area (Å²) in [5.41, 5.74) is 6.39. The van der Waals surface area contributed by atoms with Crippen LogP contribution in [0, 0.1) is 0 Å². The molecule has 3 aromatic rings. The van der Waals surface area contributed by atoms with Crippen LogP contribution in [0.3, 0.4) is 0 Å². The molecule has 0 spiro atoms. The average molecular weight is 455 g/mol. The summed E-state index contributed by atoms with van der Waals surface area (Å²) in [6, 6.07) is 24.1. The van der Waals surface area contributed by atoms with E-state index in [2.05, 4.69) is 41.3 Å². The van der Waals surface area contributed by atoms with Gasteiger partial charge in [-0.1, -0.05) is 60.7 Å². The van der Waals surface area contributed by atoms with Gasteiger partial charge in [0.25, 0.3) is 5.91 Å². The number of hydrogen-bond donors (Lipinski definition) is 0. The van der Waals surface area contributed by atoms with Crippen LogP contribution in [0.25, 0.3) is 0 Å². The quantitative estimate of drug-likeness (QED) is 0.526. The lowest BCUT2D eigenvalue weighted by Gasteiger charge is -2.28. The van der Waals surface area contributed by atoms with Crippen molar-refractivity contribution >= 4 is 11.7 Å². The minimum Gasteiger partial charge on any atom is -0.378 e. The molecular formula is C29H30N2O3. The van der Waals surface area contributed by atoms with Crippen LogP contribution >= 0.6 is 0 Å². The largest absolute Gasteiger partial charge is 0.378 e. The van der Waals surface area contributed by atoms with Crippen LogP contribution in [-0.2, 0) is 30.7 Å². The number of benzene rings is 3. The summed E-state index contributed by atoms with van der Waals surface area (Å²) in [5.74, 6) is 0.111. The Morgan fingerprint density at radius 1 is 0.735 bits per heavy atom. The monoisotopic (exact) mass is 454 g/mol. The van der Waals surface area contributed by atoms with Gasteiger partial charge in [0.05, 0.1) is 13.2 Å². The zero-order valence-corrected chi connectivity index (χ0v) is 19.4. The van der Waals surface area contributed by atoms with E-state index in [0.717, 1.165) is 37.2 Å². The Balaban J connectivity index is 1.16. The van der Waals surface area contributed by atoms with Gasteiger partial charge in [-0.3, -0.25) is 14.5 Å². The molecule has 2 heterocycles. The summed E-state index contributed by atoms with van der Waals surface area (Å²) >= 11 is 0. The number of Topliss-reactive ketones (excluding diaryl/α,β-unsaturated/α-hetero) is 1. The lowest BCUT2D eigenvalue weighted by molar-refractivity contribution is 0.0303. The summed E-state index contributed by atoms with van der Waals surface area (Å²) in [4.78, 5) is 29.7. The Labute approximate surface area is 201 Å². The second-order valence-electron chi connectivity index (χ2n) is 9.13. The Morgan fingerprint density at radius 3 is 2.12 bits per heavy atom. The highest BCUT2D eigenvalue weighted by atomic mass is 16.5. The Bertz CT molecular complexity index is 1150. The molecule has 0 aliphatic carbocycles. The number of hydrogen-bond acceptors (Lipinski definition) is 4. The molecule has 0 saturated carbocycles. The van der Waals surface area contributed by atoms with Crippen molar-refractivity contribution < 1.29 is 14.3 Å². The molecular weight excluding hydrogens is 424 g/mol. The molecule has 0 atom stereocenters. The molecule has 174 valence electrons. The van der Waals surface area contributed by atoms with Gasteiger partial charge in [0.15, 0.2) is 5.78 Å². The number of fused-ring (bicyclic) bond motifs is 1. The van der Waals surface area contributed by atoms with Crippen molar-refractivity contribution in [2.24, 2.45) is 0 Å². The number of ether oxygens (including phenoxy) is 1. The first-order chi connectivity index (χ1) is 16.7. The Hall–Kier alpha value is -3.28. The van der Waals surface area contributed by atoms with Crippen LogP contribution in [0.15, 0.2) is 72.8 Å². The van der Waals surface area contributed by atoms with Crippen molar-refractivity contribution in [3.63, 3.8) is 0 Å². The maximum Gasteiger partial charge on any atom is 0.254 e. The SMILES string of the molecule is O=C(Cc1ccc(C(=O)N2CCOCC2)cc1)c1ccc(CN2CCc3ccccc3C2)cc1. The molecule has 1 saturated heterocycles. The van der Waals surface area contributed by atoms with Crippen molar-refractivity contribution in [1.82, 2.24) is 9.80 Å². The molecule has 0 N–H and O–H groups in total. The summed E-state index contributed by atoms with van der Waals surface area (Å²) in [5, 5.41) is 0. The summed E-state index contributed by atoms with van der Waals surface area (Å²) < 4.78 is 5.31. The standard InChI is InChI=1S/C29H30N2O3/c32-28(19-22-5-11-26(12-6-22)29(33)31-15-17-34-18-16-31)25-9-7-23(8-10-25)20-30-14-13-24-3-1-2-4-27(24)21-30/h1-12H,13-21H2. The molecule has 3 aromatic carbocycles. The van der Waals surface area contributed by atoms with Crippen LogP contribution in [0.4, 0.5) is 0 Å². The van der Waals surface area contributed by atoms with Gasteiger partial charge in [0, 0.05) is 50.3 Å². The molecule has 5 heteroatoms. The number of carbonyl (C=O) groups is 2. The van der Waals surface area contributed by atoms with E-state index in [1.54, 1.807) is 0 Å². The molecule has 1 fully saturated rings. The van der Waals surface area contributed by atoms with Gasteiger partial charge in [0.2, 0.25) is 0 Å². The maximum absolute atomic E-state index is 12.8. The summed E-state index contributed by atoms with van der Waals surface area (Å²) in [6.07, 6.45) is 1.41. The first-order valence-corrected chi connectivity index (χ1v) is 12.0. The maximum atomic E-state index is 12.8. The summed E-state index contributed by atoms with van der Waals surface area (Å²) in [7, 11) is 0. The number of morpholine rings is 1. The van der Waals surface area contributed by atoms with E-state index in [0.29, 0.717) is 38.3 Å². The van der Waals surface area contributed by atoms with Crippen LogP contribution in [-0.4, -0.2) is 54.3 Å². The van der Waals surface area contributed by atoms with E-state index >= 15 is 0 Å². The molecule has 5 nitrogen and oxygen atoms in total. The molecule has 0 bridgehead atoms. The fourth-order valence-electron chi connectivity index (χ4n) is 4.75. The van der Waals surface area contributed by atoms with Crippen molar-refractivity contribution in [2.45, 2.75) is 25.9 Å². The Morgan fingerprint density at radius 2 is 1.38 bits per heavy atom. The third-order valence-electron chi connectivity index (χ3n) is 6.76. The smallest absolute Gasteiger partial charge is 0.254 e. The van der Waals surface area contributed by atoms with Gasteiger partial charge in [-0.25, -0.2) is 0 Å². The first-order valence-electron chi connectivity index (χ1n) is 12.0. The molecule has 0 radical (unpaired) electrons. The topological polar surface area (TPSA) is 49.9 Å². The predicted octanol–water partition coefficient (Wildman–Crippen LogP) is 4.14. The van der Waals surface area contributed by atoms with Crippen LogP contribution in [0.2, 0.25) is 0 Å². The average Bonchev–Trinajstić information content (AvgIpc) is 2.89. The normalized spacial score (nSPS) is 16.2. The van der Waals surface area contributed by atoms with Crippen molar-refractivity contribution in [2.75, 3.05) is 32.8 Å². The van der Waals surface area contributed by atoms with Crippen LogP contribution < -0.4 is 0 Å². The van der Waals surface area contributed by atoms with E-state index in [1.807, 2.05) is 41.3 Å². The lowest BCUT2D eigenvalue weighted by Crippen LogP contribution is -2.40. The van der Waals surface area contributed by atoms with Crippen LogP contribution in [0.5, 0.6) is 0 Å². The lowest BCUT2D eigenvalue weighted by atomic mass is 9.98. The highest BCUT2D eigenvalue weighted by Crippen LogP contribution is 2.21. The highest BCUT2D eigenvalue weighted by molar-refractivity contribution is 5.98. The Kier molecular flexibility index (Phi) is 6.84. The van der Waals surface area contributed by atoms with Gasteiger partial charge in [-0.15, -0.1) is 0 Å². The second kappa shape index (κ2) is 10.3. The predicted molar refractivity (Wildman–Crippen MR) is 132 cm³/mol. The van der Waals surface area contributed by atoms with Crippen molar-refractivity contribution in [1.29, 1.82) is 0 Å². The first kappa shape index (κ1) is 22.5. The van der Waals surface area contributed by atoms with E-state index in [-0.39, 0.29) is 11.7 Å². The minimum atomic E-state index is 0.0222. The van der Waals surface area contributed by atoms with E-state index in [1.165, 1.54) is 16.7 Å². The molecule has 2 aliphatic heterocycles. The number of carbonyl (C=O) groups excluding carboxylic acids is 2. The van der Waals surface area contributed by atoms with Gasteiger partial charge >= 0.3 is 0 Å². The molecule has 1 amide bonds. The fraction of sp³-hybridized carbons (Fsp3) is 0.310. The van der Waals surface area contributed by atoms with E-state index < -0.39 is 0 Å². The number of amides is 1. The molecule has 5 rings (SSSR count). The number of nitrogens with zero attached hydrogens (tertiary/aromatic N) is 2. The van der Waals surface area contributed by atoms with Gasteiger partial charge < -0.3 is 9.64 Å². The number of rotatable bonds is 6. The third kappa shape index (κ3) is 5.27. The molecule has 2 aliphatic rings. The fourth-order valence-corrected chi connectivity index (χ4v) is 4.75.